The fourth-order valence-corrected chi connectivity index (χ4v) is 14.0. The van der Waals surface area contributed by atoms with E-state index in [1.54, 1.807) is 97.1 Å². The SMILES string of the molecule is COC1OC(COC(=O)c2ccccc2)C(OC2OC(COC(=O)c3ccccc3)C(OC3OC(COC(=O)c4ccccc4)C(O)C(OC(=O)c4ccccc4)C3N3C(=O)c4ccccc4C3=O)C(OC(=O)c3ccccc3)C2NC(=O)c2ccccc2C=O)C(OC(=O)c2ccccc2)C1n1c(O)c2ccccc2c1O. The standard InChI is InChI=1S/C85H71N3O25/c1-102-84-65(88-75(94)58-42-24-25-43-59(58)76(88)95)71(111-82(101)53-36-18-7-19-37-53)68(62(108-84)47-105-79(98)50-30-12-4-13-31-50)112-83-63(86-72(91)55-39-21-20-38-54(55)44-89)69(109-80(99)51-32-14-5-15-33-51)67(61(107-83)46-104-78(97)49-28-10-3-11-29-49)113-85-64(87-73(92)56-40-22-23-41-57(56)74(87)93)70(110-81(100)52-34-16-6-17-35-52)66(90)60(106-85)45-103-77(96)48-26-8-2-9-27-48/h2-44,60-71,83-85,90,94-95H,45-47H2,1H3,(H,86,91). The number of carbonyl (C=O) groups is 10. The number of fused-ring (bicyclic) bond motifs is 2. The van der Waals surface area contributed by atoms with E-state index in [4.69, 9.17) is 56.8 Å². The van der Waals surface area contributed by atoms with Crippen LogP contribution in [0.5, 0.6) is 11.8 Å². The average molecular weight is 1530 g/mol. The third-order valence-corrected chi connectivity index (χ3v) is 19.6. The third kappa shape index (κ3) is 16.3. The second-order valence-electron chi connectivity index (χ2n) is 26.4. The fraction of sp³-hybridized carbons (Fsp3) is 0.224. The zero-order valence-corrected chi connectivity index (χ0v) is 59.8. The van der Waals surface area contributed by atoms with E-state index in [1.807, 2.05) is 0 Å². The van der Waals surface area contributed by atoms with Gasteiger partial charge in [-0.15, -0.1) is 0 Å². The van der Waals surface area contributed by atoms with Gasteiger partial charge in [0, 0.05) is 29.0 Å². The molecule has 14 rings (SSSR count). The van der Waals surface area contributed by atoms with Gasteiger partial charge in [-0.25, -0.2) is 28.8 Å². The maximum absolute atomic E-state index is 15.7. The van der Waals surface area contributed by atoms with Crippen LogP contribution >= 0.6 is 0 Å². The van der Waals surface area contributed by atoms with E-state index in [0.29, 0.717) is 11.2 Å². The van der Waals surface area contributed by atoms with Crippen molar-refractivity contribution in [1.29, 1.82) is 0 Å². The highest BCUT2D eigenvalue weighted by atomic mass is 16.8. The molecule has 1 aromatic heterocycles. The summed E-state index contributed by atoms with van der Waals surface area (Å²) in [4.78, 5) is 148. The number of aliphatic hydroxyl groups is 1. The lowest BCUT2D eigenvalue weighted by Crippen LogP contribution is -2.71. The van der Waals surface area contributed by atoms with Crippen LogP contribution in [0.1, 0.15) is 110 Å². The molecule has 576 valence electrons. The molecule has 15 unspecified atom stereocenters. The van der Waals surface area contributed by atoms with Crippen LogP contribution in [0.2, 0.25) is 0 Å². The number of nitrogens with zero attached hydrogens (tertiary/aromatic N) is 2. The lowest BCUT2D eigenvalue weighted by atomic mass is 9.92. The van der Waals surface area contributed by atoms with Crippen molar-refractivity contribution in [1.82, 2.24) is 14.8 Å². The Morgan fingerprint density at radius 1 is 0.407 bits per heavy atom. The molecule has 0 aliphatic carbocycles. The Bertz CT molecular complexity index is 5060. The summed E-state index contributed by atoms with van der Waals surface area (Å²) in [6.45, 7) is -2.73. The van der Waals surface area contributed by atoms with Gasteiger partial charge >= 0.3 is 35.8 Å². The van der Waals surface area contributed by atoms with Gasteiger partial charge in [0.15, 0.2) is 43.5 Å². The fourth-order valence-electron chi connectivity index (χ4n) is 14.0. The zero-order valence-electron chi connectivity index (χ0n) is 59.8. The summed E-state index contributed by atoms with van der Waals surface area (Å²) in [6, 6.07) is 56.4. The highest BCUT2D eigenvalue weighted by Gasteiger charge is 2.61. The lowest BCUT2D eigenvalue weighted by Gasteiger charge is -2.51. The number of nitrogens with one attached hydrogen (secondary N) is 1. The predicted molar refractivity (Wildman–Crippen MR) is 394 cm³/mol. The number of imide groups is 1. The van der Waals surface area contributed by atoms with Crippen LogP contribution < -0.4 is 5.32 Å². The molecule has 9 aromatic carbocycles. The molecule has 10 aromatic rings. The molecule has 4 N–H and O–H groups in total. The highest BCUT2D eigenvalue weighted by molar-refractivity contribution is 6.21. The highest BCUT2D eigenvalue weighted by Crippen LogP contribution is 2.47. The average Bonchev–Trinajstić information content (AvgIpc) is 1.70. The molecule has 4 aliphatic rings. The first-order chi connectivity index (χ1) is 55.0. The van der Waals surface area contributed by atoms with Crippen molar-refractivity contribution in [3.05, 3.63) is 310 Å². The lowest BCUT2D eigenvalue weighted by molar-refractivity contribution is -0.355. The van der Waals surface area contributed by atoms with Gasteiger partial charge in [0.25, 0.3) is 17.7 Å². The summed E-state index contributed by atoms with van der Waals surface area (Å²) in [7, 11) is 1.20. The Hall–Kier alpha value is -13.1. The molecule has 3 fully saturated rings. The predicted octanol–water partition coefficient (Wildman–Crippen LogP) is 9.07. The van der Waals surface area contributed by atoms with Crippen LogP contribution in [-0.4, -0.2) is 197 Å². The number of benzene rings is 9. The largest absolute Gasteiger partial charge is 0.494 e. The van der Waals surface area contributed by atoms with Gasteiger partial charge in [-0.05, 0) is 103 Å². The molecule has 3 saturated heterocycles. The van der Waals surface area contributed by atoms with E-state index in [0.717, 1.165) is 4.57 Å². The van der Waals surface area contributed by atoms with Crippen LogP contribution in [0.25, 0.3) is 10.8 Å². The Morgan fingerprint density at radius 3 is 1.20 bits per heavy atom. The Balaban J connectivity index is 0.976. The quantitative estimate of drug-likeness (QED) is 0.0179. The molecule has 28 heteroatoms. The van der Waals surface area contributed by atoms with Gasteiger partial charge < -0.3 is 77.5 Å². The number of rotatable bonds is 25. The molecule has 5 heterocycles. The van der Waals surface area contributed by atoms with Crippen LogP contribution in [-0.2, 0) is 56.8 Å². The summed E-state index contributed by atoms with van der Waals surface area (Å²) in [5, 5.41) is 40.7. The monoisotopic (exact) mass is 1530 g/mol. The molecule has 0 spiro atoms. The first-order valence-electron chi connectivity index (χ1n) is 35.7. The number of hydrogen-bond donors (Lipinski definition) is 4. The first kappa shape index (κ1) is 76.7. The summed E-state index contributed by atoms with van der Waals surface area (Å²) in [6.07, 6.45) is -24.4. The van der Waals surface area contributed by atoms with Gasteiger partial charge in [-0.2, -0.15) is 0 Å². The Morgan fingerprint density at radius 2 is 0.761 bits per heavy atom. The number of methoxy groups -OCH3 is 1. The van der Waals surface area contributed by atoms with Crippen molar-refractivity contribution >= 4 is 70.6 Å². The van der Waals surface area contributed by atoms with E-state index in [-0.39, 0.29) is 66.4 Å². The summed E-state index contributed by atoms with van der Waals surface area (Å²) < 4.78 is 79.9. The first-order valence-corrected chi connectivity index (χ1v) is 35.7. The summed E-state index contributed by atoms with van der Waals surface area (Å²) >= 11 is 0. The maximum Gasteiger partial charge on any atom is 0.338 e. The number of aldehydes is 1. The Labute approximate surface area is 643 Å². The minimum absolute atomic E-state index is 0.0240. The molecular weight excluding hydrogens is 1460 g/mol. The third-order valence-electron chi connectivity index (χ3n) is 19.6. The van der Waals surface area contributed by atoms with Gasteiger partial charge in [-0.3, -0.25) is 28.6 Å². The van der Waals surface area contributed by atoms with Crippen molar-refractivity contribution in [2.45, 2.75) is 91.9 Å². The molecule has 113 heavy (non-hydrogen) atoms. The van der Waals surface area contributed by atoms with Crippen molar-refractivity contribution in [3.8, 4) is 11.8 Å². The minimum Gasteiger partial charge on any atom is -0.494 e. The molecule has 28 nitrogen and oxygen atoms in total. The number of hydrogen-bond acceptors (Lipinski definition) is 25. The second-order valence-corrected chi connectivity index (χ2v) is 26.4. The van der Waals surface area contributed by atoms with Crippen molar-refractivity contribution in [2.75, 3.05) is 26.9 Å². The molecule has 4 aliphatic heterocycles. The van der Waals surface area contributed by atoms with Crippen molar-refractivity contribution in [2.24, 2.45) is 0 Å². The van der Waals surface area contributed by atoms with Gasteiger partial charge in [-0.1, -0.05) is 152 Å². The number of aliphatic hydroxyl groups excluding tert-OH is 1. The summed E-state index contributed by atoms with van der Waals surface area (Å²) in [5.41, 5.74) is -1.08. The number of esters is 6. The van der Waals surface area contributed by atoms with E-state index in [1.165, 1.54) is 165 Å². The number of carbonyl (C=O) groups excluding carboxylic acids is 10. The second kappa shape index (κ2) is 34.5. The Kier molecular flexibility index (Phi) is 23.4. The van der Waals surface area contributed by atoms with Gasteiger partial charge in [0.2, 0.25) is 11.8 Å². The van der Waals surface area contributed by atoms with Gasteiger partial charge in [0.1, 0.15) is 74.6 Å². The van der Waals surface area contributed by atoms with E-state index < -0.39 is 177 Å². The van der Waals surface area contributed by atoms with Crippen molar-refractivity contribution in [3.63, 3.8) is 0 Å². The van der Waals surface area contributed by atoms with Crippen LogP contribution in [0.15, 0.2) is 255 Å². The van der Waals surface area contributed by atoms with Crippen LogP contribution in [0.3, 0.4) is 0 Å². The number of ether oxygens (including phenoxy) is 12. The number of aromatic hydroxyl groups is 2. The molecule has 0 radical (unpaired) electrons. The molecule has 15 atom stereocenters. The van der Waals surface area contributed by atoms with Crippen molar-refractivity contribution < 1.29 is 120 Å². The van der Waals surface area contributed by atoms with E-state index in [9.17, 15) is 39.3 Å². The minimum atomic E-state index is -2.33. The number of aromatic nitrogens is 1. The van der Waals surface area contributed by atoms with Crippen LogP contribution in [0, 0.1) is 0 Å². The van der Waals surface area contributed by atoms with E-state index in [2.05, 4.69) is 5.32 Å². The van der Waals surface area contributed by atoms with E-state index >= 15 is 24.0 Å². The van der Waals surface area contributed by atoms with Crippen LogP contribution in [0.4, 0.5) is 0 Å². The zero-order chi connectivity index (χ0) is 78.8. The molecule has 3 amide bonds. The number of amides is 3. The molecule has 0 saturated carbocycles. The molecular formula is C85H71N3O25. The van der Waals surface area contributed by atoms with Gasteiger partial charge in [0.05, 0.1) is 44.5 Å². The smallest absolute Gasteiger partial charge is 0.338 e. The maximum atomic E-state index is 15.7. The topological polar surface area (TPSA) is 362 Å². The molecule has 0 bridgehead atoms. The summed E-state index contributed by atoms with van der Waals surface area (Å²) in [5.74, 6) is -10.7. The normalized spacial score (nSPS) is 23.9.